The fourth-order valence-electron chi connectivity index (χ4n) is 3.51. The Morgan fingerprint density at radius 1 is 1.04 bits per heavy atom. The smallest absolute Gasteiger partial charge is 0.410 e. The van der Waals surface area contributed by atoms with Gasteiger partial charge in [0.1, 0.15) is 6.61 Å². The number of carbonyl (C=O) groups excluding carboxylic acids is 1. The quantitative estimate of drug-likeness (QED) is 0.722. The van der Waals surface area contributed by atoms with Crippen LogP contribution >= 0.6 is 0 Å². The fraction of sp³-hybridized carbons (Fsp3) is 0.318. The van der Waals surface area contributed by atoms with Crippen molar-refractivity contribution in [2.75, 3.05) is 0 Å². The van der Waals surface area contributed by atoms with Crippen molar-refractivity contribution in [3.63, 3.8) is 0 Å². The van der Waals surface area contributed by atoms with Crippen molar-refractivity contribution in [1.82, 2.24) is 4.90 Å². The molecule has 2 atom stereocenters. The van der Waals surface area contributed by atoms with Crippen LogP contribution in [-0.4, -0.2) is 23.1 Å². The fourth-order valence-corrected chi connectivity index (χ4v) is 3.51. The number of hydrogen-bond acceptors (Lipinski definition) is 2. The van der Waals surface area contributed by atoms with Gasteiger partial charge in [0.25, 0.3) is 0 Å². The predicted octanol–water partition coefficient (Wildman–Crippen LogP) is 4.98. The molecule has 1 saturated heterocycles. The third-order valence-corrected chi connectivity index (χ3v) is 4.79. The molecule has 1 fully saturated rings. The molecule has 0 unspecified atom stereocenters. The minimum absolute atomic E-state index is 0.0470. The lowest BCUT2D eigenvalue weighted by atomic mass is 9.91. The van der Waals surface area contributed by atoms with E-state index in [-0.39, 0.29) is 18.2 Å². The number of amides is 1. The zero-order valence-corrected chi connectivity index (χ0v) is 14.5. The first-order valence-corrected chi connectivity index (χ1v) is 8.93. The molecule has 2 aromatic rings. The molecule has 1 amide bonds. The molecule has 1 heterocycles. The van der Waals surface area contributed by atoms with Crippen LogP contribution in [0.1, 0.15) is 30.4 Å². The van der Waals surface area contributed by atoms with Gasteiger partial charge in [-0.15, -0.1) is 6.58 Å². The normalized spacial score (nSPS) is 20.1. The zero-order chi connectivity index (χ0) is 17.5. The van der Waals surface area contributed by atoms with Crippen molar-refractivity contribution >= 4 is 6.09 Å². The highest BCUT2D eigenvalue weighted by Crippen LogP contribution is 2.27. The Kier molecular flexibility index (Phi) is 5.89. The van der Waals surface area contributed by atoms with E-state index in [4.69, 9.17) is 4.74 Å². The average molecular weight is 335 g/mol. The Balaban J connectivity index is 1.70. The molecule has 0 saturated carbocycles. The van der Waals surface area contributed by atoms with Gasteiger partial charge < -0.3 is 4.74 Å². The SMILES string of the molecule is C=C[C@H]1CCC[C@@H](Cc2ccccc2)N1C(=O)OCc1ccccc1. The third-order valence-electron chi connectivity index (χ3n) is 4.79. The van der Waals surface area contributed by atoms with E-state index in [9.17, 15) is 4.79 Å². The molecule has 3 heteroatoms. The third kappa shape index (κ3) is 4.50. The number of carbonyl (C=O) groups is 1. The number of nitrogens with zero attached hydrogens (tertiary/aromatic N) is 1. The first kappa shape index (κ1) is 17.3. The van der Waals surface area contributed by atoms with Gasteiger partial charge in [0.15, 0.2) is 0 Å². The minimum Gasteiger partial charge on any atom is -0.445 e. The van der Waals surface area contributed by atoms with Gasteiger partial charge >= 0.3 is 6.09 Å². The van der Waals surface area contributed by atoms with Crippen LogP contribution in [0.4, 0.5) is 4.79 Å². The largest absolute Gasteiger partial charge is 0.445 e. The summed E-state index contributed by atoms with van der Waals surface area (Å²) in [7, 11) is 0. The summed E-state index contributed by atoms with van der Waals surface area (Å²) in [5.74, 6) is 0. The molecular weight excluding hydrogens is 310 g/mol. The van der Waals surface area contributed by atoms with E-state index in [1.54, 1.807) is 0 Å². The van der Waals surface area contributed by atoms with Crippen molar-refractivity contribution in [2.45, 2.75) is 44.4 Å². The summed E-state index contributed by atoms with van der Waals surface area (Å²) < 4.78 is 5.61. The lowest BCUT2D eigenvalue weighted by Gasteiger charge is -2.40. The zero-order valence-electron chi connectivity index (χ0n) is 14.5. The van der Waals surface area contributed by atoms with Crippen molar-refractivity contribution in [3.05, 3.63) is 84.4 Å². The molecule has 0 aromatic heterocycles. The van der Waals surface area contributed by atoms with E-state index in [1.165, 1.54) is 5.56 Å². The molecule has 3 nitrogen and oxygen atoms in total. The van der Waals surface area contributed by atoms with Crippen LogP contribution in [0.3, 0.4) is 0 Å². The predicted molar refractivity (Wildman–Crippen MR) is 100 cm³/mol. The second-order valence-corrected chi connectivity index (χ2v) is 6.52. The maximum atomic E-state index is 12.8. The lowest BCUT2D eigenvalue weighted by Crippen LogP contribution is -2.50. The second kappa shape index (κ2) is 8.52. The first-order valence-electron chi connectivity index (χ1n) is 8.93. The van der Waals surface area contributed by atoms with Crippen molar-refractivity contribution < 1.29 is 9.53 Å². The van der Waals surface area contributed by atoms with Crippen LogP contribution in [0.15, 0.2) is 73.3 Å². The molecule has 130 valence electrons. The molecule has 0 bridgehead atoms. The minimum atomic E-state index is -0.241. The molecule has 2 aromatic carbocycles. The first-order chi connectivity index (χ1) is 12.3. The topological polar surface area (TPSA) is 29.5 Å². The van der Waals surface area contributed by atoms with Crippen LogP contribution < -0.4 is 0 Å². The molecule has 0 N–H and O–H groups in total. The summed E-state index contributed by atoms with van der Waals surface area (Å²) in [4.78, 5) is 14.7. The summed E-state index contributed by atoms with van der Waals surface area (Å²) >= 11 is 0. The van der Waals surface area contributed by atoms with Gasteiger partial charge in [0.2, 0.25) is 0 Å². The second-order valence-electron chi connectivity index (χ2n) is 6.52. The summed E-state index contributed by atoms with van der Waals surface area (Å²) in [6, 6.07) is 20.3. The Bertz CT molecular complexity index is 684. The average Bonchev–Trinajstić information content (AvgIpc) is 2.67. The summed E-state index contributed by atoms with van der Waals surface area (Å²) in [6.45, 7) is 4.23. The maximum Gasteiger partial charge on any atom is 0.410 e. The number of rotatable bonds is 5. The van der Waals surface area contributed by atoms with E-state index in [0.29, 0.717) is 6.61 Å². The van der Waals surface area contributed by atoms with Crippen LogP contribution in [0.25, 0.3) is 0 Å². The van der Waals surface area contributed by atoms with E-state index in [2.05, 4.69) is 18.7 Å². The number of piperidine rings is 1. The molecule has 25 heavy (non-hydrogen) atoms. The standard InChI is InChI=1S/C22H25NO2/c1-2-20-14-9-15-21(16-18-10-5-3-6-11-18)23(20)22(24)25-17-19-12-7-4-8-13-19/h2-8,10-13,20-21H,1,9,14-17H2/t20-,21-/m0/s1. The highest BCUT2D eigenvalue weighted by Gasteiger charge is 2.33. The monoisotopic (exact) mass is 335 g/mol. The van der Waals surface area contributed by atoms with E-state index < -0.39 is 0 Å². The van der Waals surface area contributed by atoms with Crippen LogP contribution in [-0.2, 0) is 17.8 Å². The van der Waals surface area contributed by atoms with Gasteiger partial charge in [-0.05, 0) is 36.8 Å². The van der Waals surface area contributed by atoms with Gasteiger partial charge in [-0.25, -0.2) is 4.79 Å². The molecule has 1 aliphatic rings. The van der Waals surface area contributed by atoms with E-state index >= 15 is 0 Å². The number of hydrogen-bond donors (Lipinski definition) is 0. The van der Waals surface area contributed by atoms with Crippen molar-refractivity contribution in [1.29, 1.82) is 0 Å². The van der Waals surface area contributed by atoms with Gasteiger partial charge in [-0.1, -0.05) is 66.7 Å². The Morgan fingerprint density at radius 2 is 1.68 bits per heavy atom. The lowest BCUT2D eigenvalue weighted by molar-refractivity contribution is 0.0529. The van der Waals surface area contributed by atoms with Crippen LogP contribution in [0.5, 0.6) is 0 Å². The Labute approximate surface area is 149 Å². The van der Waals surface area contributed by atoms with E-state index in [1.807, 2.05) is 59.5 Å². The maximum absolute atomic E-state index is 12.8. The van der Waals surface area contributed by atoms with Crippen molar-refractivity contribution in [2.24, 2.45) is 0 Å². The molecule has 1 aliphatic heterocycles. The molecule has 0 spiro atoms. The number of likely N-dealkylation sites (tertiary alicyclic amines) is 1. The van der Waals surface area contributed by atoms with E-state index in [0.717, 1.165) is 31.2 Å². The summed E-state index contributed by atoms with van der Waals surface area (Å²) in [6.07, 6.45) is 5.55. The van der Waals surface area contributed by atoms with Crippen molar-refractivity contribution in [3.8, 4) is 0 Å². The van der Waals surface area contributed by atoms with Gasteiger partial charge in [-0.2, -0.15) is 0 Å². The molecule has 0 radical (unpaired) electrons. The molecule has 0 aliphatic carbocycles. The highest BCUT2D eigenvalue weighted by atomic mass is 16.6. The van der Waals surface area contributed by atoms with Gasteiger partial charge in [-0.3, -0.25) is 4.90 Å². The summed E-state index contributed by atoms with van der Waals surface area (Å²) in [5.41, 5.74) is 2.25. The Hall–Kier alpha value is -2.55. The number of benzene rings is 2. The molecule has 3 rings (SSSR count). The molecular formula is C22H25NO2. The van der Waals surface area contributed by atoms with Gasteiger partial charge in [0.05, 0.1) is 6.04 Å². The summed E-state index contributed by atoms with van der Waals surface area (Å²) in [5, 5.41) is 0. The van der Waals surface area contributed by atoms with Crippen LogP contribution in [0.2, 0.25) is 0 Å². The Morgan fingerprint density at radius 3 is 2.32 bits per heavy atom. The highest BCUT2D eigenvalue weighted by molar-refractivity contribution is 5.69. The van der Waals surface area contributed by atoms with Crippen LogP contribution in [0, 0.1) is 0 Å². The van der Waals surface area contributed by atoms with Gasteiger partial charge in [0, 0.05) is 6.04 Å². The number of ether oxygens (including phenoxy) is 1.